The van der Waals surface area contributed by atoms with Gasteiger partial charge in [-0.3, -0.25) is 9.59 Å². The second-order valence-corrected chi connectivity index (χ2v) is 4.19. The van der Waals surface area contributed by atoms with Gasteiger partial charge < -0.3 is 10.3 Å². The second kappa shape index (κ2) is 4.87. The van der Waals surface area contributed by atoms with Gasteiger partial charge in [0.2, 0.25) is 5.56 Å². The third-order valence-corrected chi connectivity index (χ3v) is 2.63. The minimum Gasteiger partial charge on any atom is -0.326 e. The molecule has 0 radical (unpaired) electrons. The first-order chi connectivity index (χ1) is 8.56. The van der Waals surface area contributed by atoms with Crippen LogP contribution in [0.4, 0.5) is 5.69 Å². The van der Waals surface area contributed by atoms with Crippen LogP contribution >= 0.6 is 0 Å². The number of pyridine rings is 1. The molecule has 2 rings (SSSR count). The summed E-state index contributed by atoms with van der Waals surface area (Å²) < 4.78 is 0. The summed E-state index contributed by atoms with van der Waals surface area (Å²) in [5.41, 5.74) is 2.48. The lowest BCUT2D eigenvalue weighted by atomic mass is 10.1. The number of hydrogen-bond donors (Lipinski definition) is 2. The first-order valence-corrected chi connectivity index (χ1v) is 5.64. The van der Waals surface area contributed by atoms with Crippen molar-refractivity contribution in [2.24, 2.45) is 0 Å². The van der Waals surface area contributed by atoms with Crippen molar-refractivity contribution in [3.8, 4) is 0 Å². The van der Waals surface area contributed by atoms with E-state index in [9.17, 15) is 9.59 Å². The van der Waals surface area contributed by atoms with Crippen LogP contribution in [0.25, 0.3) is 0 Å². The Balaban J connectivity index is 2.28. The Hall–Kier alpha value is -2.36. The smallest absolute Gasteiger partial charge is 0.255 e. The molecule has 0 aliphatic heterocycles. The summed E-state index contributed by atoms with van der Waals surface area (Å²) in [5, 5.41) is 2.79. The third kappa shape index (κ3) is 2.66. The van der Waals surface area contributed by atoms with Crippen LogP contribution in [0.1, 0.15) is 21.6 Å². The fourth-order valence-electron chi connectivity index (χ4n) is 1.72. The fraction of sp³-hybridized carbons (Fsp3) is 0.143. The number of aryl methyl sites for hydroxylation is 2. The Bertz CT molecular complexity index is 644. The van der Waals surface area contributed by atoms with Gasteiger partial charge in [-0.2, -0.15) is 0 Å². The number of nitrogens with one attached hydrogen (secondary N) is 2. The maximum atomic E-state index is 12.0. The molecule has 18 heavy (non-hydrogen) atoms. The van der Waals surface area contributed by atoms with Crippen molar-refractivity contribution in [1.82, 2.24) is 4.98 Å². The zero-order chi connectivity index (χ0) is 13.1. The number of hydrogen-bond acceptors (Lipinski definition) is 2. The van der Waals surface area contributed by atoms with Gasteiger partial charge in [-0.05, 0) is 31.5 Å². The lowest BCUT2D eigenvalue weighted by Crippen LogP contribution is -2.17. The van der Waals surface area contributed by atoms with E-state index in [1.807, 2.05) is 31.2 Å². The molecule has 1 aromatic carbocycles. The minimum atomic E-state index is -0.279. The van der Waals surface area contributed by atoms with Crippen LogP contribution < -0.4 is 10.9 Å². The predicted molar refractivity (Wildman–Crippen MR) is 70.9 cm³/mol. The van der Waals surface area contributed by atoms with Crippen LogP contribution in [-0.4, -0.2) is 10.9 Å². The summed E-state index contributed by atoms with van der Waals surface area (Å²) in [5.74, 6) is -0.279. The molecule has 92 valence electrons. The van der Waals surface area contributed by atoms with Gasteiger partial charge in [0.25, 0.3) is 5.91 Å². The topological polar surface area (TPSA) is 62.0 Å². The molecule has 0 aliphatic carbocycles. The van der Waals surface area contributed by atoms with E-state index in [4.69, 9.17) is 0 Å². The quantitative estimate of drug-likeness (QED) is 0.848. The van der Waals surface area contributed by atoms with Gasteiger partial charge in [-0.1, -0.05) is 18.2 Å². The third-order valence-electron chi connectivity index (χ3n) is 2.63. The molecular weight excluding hydrogens is 228 g/mol. The Morgan fingerprint density at radius 3 is 2.56 bits per heavy atom. The average Bonchev–Trinajstić information content (AvgIpc) is 2.31. The van der Waals surface area contributed by atoms with E-state index in [1.54, 1.807) is 13.0 Å². The Kier molecular flexibility index (Phi) is 3.28. The second-order valence-electron chi connectivity index (χ2n) is 4.19. The van der Waals surface area contributed by atoms with E-state index in [2.05, 4.69) is 10.3 Å². The molecule has 1 aromatic heterocycles. The Morgan fingerprint density at radius 2 is 1.89 bits per heavy atom. The maximum absolute atomic E-state index is 12.0. The number of carbonyl (C=O) groups is 1. The number of rotatable bonds is 2. The van der Waals surface area contributed by atoms with Crippen LogP contribution in [0.15, 0.2) is 41.2 Å². The zero-order valence-corrected chi connectivity index (χ0v) is 10.3. The number of benzene rings is 1. The molecule has 2 aromatic rings. The van der Waals surface area contributed by atoms with Gasteiger partial charge >= 0.3 is 0 Å². The molecule has 0 bridgehead atoms. The number of H-pyrrole nitrogens is 1. The summed E-state index contributed by atoms with van der Waals surface area (Å²) in [6, 6.07) is 10.4. The molecule has 4 nitrogen and oxygen atoms in total. The highest BCUT2D eigenvalue weighted by Gasteiger charge is 2.08. The first kappa shape index (κ1) is 12.1. The van der Waals surface area contributed by atoms with Gasteiger partial charge in [0.05, 0.1) is 0 Å². The van der Waals surface area contributed by atoms with Crippen molar-refractivity contribution < 1.29 is 4.79 Å². The van der Waals surface area contributed by atoms with Gasteiger partial charge in [0.15, 0.2) is 0 Å². The van der Waals surface area contributed by atoms with Crippen molar-refractivity contribution in [2.45, 2.75) is 13.8 Å². The van der Waals surface area contributed by atoms with E-state index in [0.717, 1.165) is 11.3 Å². The van der Waals surface area contributed by atoms with Gasteiger partial charge in [-0.25, -0.2) is 0 Å². The van der Waals surface area contributed by atoms with Gasteiger partial charge in [0.1, 0.15) is 0 Å². The van der Waals surface area contributed by atoms with Gasteiger partial charge in [-0.15, -0.1) is 0 Å². The minimum absolute atomic E-state index is 0.273. The number of aromatic nitrogens is 1. The molecular formula is C14H14N2O2. The average molecular weight is 242 g/mol. The SMILES string of the molecule is Cc1cc(C(=O)Nc2ccccc2C)cc(=O)[nH]1. The summed E-state index contributed by atoms with van der Waals surface area (Å²) in [4.78, 5) is 25.9. The van der Waals surface area contributed by atoms with E-state index in [-0.39, 0.29) is 11.5 Å². The lowest BCUT2D eigenvalue weighted by Gasteiger charge is -2.08. The zero-order valence-electron chi connectivity index (χ0n) is 10.3. The molecule has 0 spiro atoms. The molecule has 4 heteroatoms. The van der Waals surface area contributed by atoms with E-state index in [0.29, 0.717) is 11.3 Å². The molecule has 2 N–H and O–H groups in total. The van der Waals surface area contributed by atoms with E-state index >= 15 is 0 Å². The van der Waals surface area contributed by atoms with Crippen LogP contribution in [0.3, 0.4) is 0 Å². The monoisotopic (exact) mass is 242 g/mol. The van der Waals surface area contributed by atoms with Crippen molar-refractivity contribution in [3.05, 3.63) is 63.6 Å². The van der Waals surface area contributed by atoms with Crippen molar-refractivity contribution in [1.29, 1.82) is 0 Å². The molecule has 0 atom stereocenters. The van der Waals surface area contributed by atoms with Crippen LogP contribution in [-0.2, 0) is 0 Å². The Labute approximate surface area is 105 Å². The molecule has 0 aliphatic rings. The standard InChI is InChI=1S/C14H14N2O2/c1-9-5-3-4-6-12(9)16-14(18)11-7-10(2)15-13(17)8-11/h3-8H,1-2H3,(H,15,17)(H,16,18). The van der Waals surface area contributed by atoms with Crippen molar-refractivity contribution in [2.75, 3.05) is 5.32 Å². The maximum Gasteiger partial charge on any atom is 0.255 e. The van der Waals surface area contributed by atoms with Crippen LogP contribution in [0.5, 0.6) is 0 Å². The summed E-state index contributed by atoms with van der Waals surface area (Å²) >= 11 is 0. The lowest BCUT2D eigenvalue weighted by molar-refractivity contribution is 0.102. The summed E-state index contributed by atoms with van der Waals surface area (Å²) in [7, 11) is 0. The fourth-order valence-corrected chi connectivity index (χ4v) is 1.72. The molecule has 0 unspecified atom stereocenters. The van der Waals surface area contributed by atoms with E-state index in [1.165, 1.54) is 6.07 Å². The van der Waals surface area contributed by atoms with Crippen molar-refractivity contribution in [3.63, 3.8) is 0 Å². The number of aromatic amines is 1. The Morgan fingerprint density at radius 1 is 1.17 bits per heavy atom. The highest BCUT2D eigenvalue weighted by Crippen LogP contribution is 2.14. The van der Waals surface area contributed by atoms with Crippen molar-refractivity contribution >= 4 is 11.6 Å². The molecule has 0 saturated heterocycles. The molecule has 0 fully saturated rings. The predicted octanol–water partition coefficient (Wildman–Crippen LogP) is 2.24. The van der Waals surface area contributed by atoms with Crippen LogP contribution in [0, 0.1) is 13.8 Å². The van der Waals surface area contributed by atoms with E-state index < -0.39 is 0 Å². The van der Waals surface area contributed by atoms with Crippen LogP contribution in [0.2, 0.25) is 0 Å². The first-order valence-electron chi connectivity index (χ1n) is 5.64. The number of para-hydroxylation sites is 1. The number of amides is 1. The highest BCUT2D eigenvalue weighted by atomic mass is 16.2. The number of carbonyl (C=O) groups excluding carboxylic acids is 1. The summed E-state index contributed by atoms with van der Waals surface area (Å²) in [6.07, 6.45) is 0. The molecule has 1 heterocycles. The number of anilines is 1. The van der Waals surface area contributed by atoms with Gasteiger partial charge in [0, 0.05) is 23.0 Å². The molecule has 0 saturated carbocycles. The molecule has 1 amide bonds. The largest absolute Gasteiger partial charge is 0.326 e. The highest BCUT2D eigenvalue weighted by molar-refractivity contribution is 6.04. The normalized spacial score (nSPS) is 10.1. The summed E-state index contributed by atoms with van der Waals surface area (Å²) in [6.45, 7) is 3.66.